The lowest BCUT2D eigenvalue weighted by Gasteiger charge is -2.27. The van der Waals surface area contributed by atoms with Crippen molar-refractivity contribution < 1.29 is 9.18 Å². The van der Waals surface area contributed by atoms with Crippen molar-refractivity contribution in [2.24, 2.45) is 0 Å². The summed E-state index contributed by atoms with van der Waals surface area (Å²) >= 11 is 1.25. The Morgan fingerprint density at radius 2 is 1.81 bits per heavy atom. The van der Waals surface area contributed by atoms with Gasteiger partial charge >= 0.3 is 0 Å². The molecule has 1 fully saturated rings. The van der Waals surface area contributed by atoms with Gasteiger partial charge in [0.1, 0.15) is 11.1 Å². The van der Waals surface area contributed by atoms with Gasteiger partial charge in [-0.1, -0.05) is 42.5 Å². The third-order valence-electron chi connectivity index (χ3n) is 4.36. The maximum Gasteiger partial charge on any atom is 0.238 e. The first-order chi connectivity index (χ1) is 12.7. The molecule has 1 saturated heterocycles. The van der Waals surface area contributed by atoms with E-state index in [1.165, 1.54) is 17.8 Å². The van der Waals surface area contributed by atoms with Gasteiger partial charge in [-0.05, 0) is 17.7 Å². The topological polar surface area (TPSA) is 44.4 Å². The Hall–Kier alpha value is -1.89. The number of benzene rings is 2. The van der Waals surface area contributed by atoms with E-state index >= 15 is 0 Å². The molecule has 1 atom stereocenters. The Kier molecular flexibility index (Phi) is 7.05. The van der Waals surface area contributed by atoms with Gasteiger partial charge in [0, 0.05) is 44.2 Å². The minimum absolute atomic E-state index is 0.0837. The van der Waals surface area contributed by atoms with E-state index in [-0.39, 0.29) is 11.7 Å². The summed E-state index contributed by atoms with van der Waals surface area (Å²) < 4.78 is 14.1. The van der Waals surface area contributed by atoms with Gasteiger partial charge in [-0.15, -0.1) is 11.8 Å². The van der Waals surface area contributed by atoms with Crippen molar-refractivity contribution in [3.63, 3.8) is 0 Å². The van der Waals surface area contributed by atoms with Crippen molar-refractivity contribution in [2.75, 3.05) is 39.3 Å². The van der Waals surface area contributed by atoms with Gasteiger partial charge in [0.05, 0.1) is 0 Å². The minimum Gasteiger partial charge on any atom is -0.354 e. The zero-order chi connectivity index (χ0) is 18.2. The van der Waals surface area contributed by atoms with Crippen molar-refractivity contribution in [2.45, 2.75) is 10.1 Å². The first-order valence-electron chi connectivity index (χ1n) is 8.91. The predicted molar refractivity (Wildman–Crippen MR) is 104 cm³/mol. The second-order valence-electron chi connectivity index (χ2n) is 6.22. The molecule has 0 radical (unpaired) electrons. The molecule has 2 aromatic rings. The highest BCUT2D eigenvalue weighted by Gasteiger charge is 2.23. The molecule has 26 heavy (non-hydrogen) atoms. The van der Waals surface area contributed by atoms with Crippen LogP contribution in [0.25, 0.3) is 0 Å². The molecule has 2 N–H and O–H groups in total. The van der Waals surface area contributed by atoms with Gasteiger partial charge in [-0.2, -0.15) is 0 Å². The van der Waals surface area contributed by atoms with Crippen LogP contribution < -0.4 is 10.6 Å². The van der Waals surface area contributed by atoms with E-state index in [1.807, 2.05) is 30.3 Å². The van der Waals surface area contributed by atoms with Crippen LogP contribution >= 0.6 is 11.8 Å². The Labute approximate surface area is 158 Å². The number of piperazine rings is 1. The van der Waals surface area contributed by atoms with Crippen LogP contribution in [-0.2, 0) is 4.79 Å². The highest BCUT2D eigenvalue weighted by atomic mass is 32.2. The fourth-order valence-electron chi connectivity index (χ4n) is 2.93. The summed E-state index contributed by atoms with van der Waals surface area (Å²) in [5.74, 6) is -0.383. The van der Waals surface area contributed by atoms with E-state index in [0.29, 0.717) is 11.4 Å². The molecular formula is C20H24FN3OS. The number of hydrogen-bond acceptors (Lipinski definition) is 4. The lowest BCUT2D eigenvalue weighted by atomic mass is 10.1. The van der Waals surface area contributed by atoms with Gasteiger partial charge < -0.3 is 10.6 Å². The summed E-state index contributed by atoms with van der Waals surface area (Å²) in [6.07, 6.45) is 0. The Bertz CT molecular complexity index is 707. The number of amides is 1. The molecule has 0 spiro atoms. The summed E-state index contributed by atoms with van der Waals surface area (Å²) in [6, 6.07) is 16.1. The van der Waals surface area contributed by atoms with E-state index in [2.05, 4.69) is 15.5 Å². The van der Waals surface area contributed by atoms with E-state index in [0.717, 1.165) is 38.3 Å². The van der Waals surface area contributed by atoms with Gasteiger partial charge in [0.25, 0.3) is 0 Å². The van der Waals surface area contributed by atoms with Crippen molar-refractivity contribution in [3.8, 4) is 0 Å². The van der Waals surface area contributed by atoms with Gasteiger partial charge in [-0.3, -0.25) is 9.69 Å². The van der Waals surface area contributed by atoms with Crippen molar-refractivity contribution in [1.82, 2.24) is 15.5 Å². The number of thioether (sulfide) groups is 1. The lowest BCUT2D eigenvalue weighted by molar-refractivity contribution is -0.120. The predicted octanol–water partition coefficient (Wildman–Crippen LogP) is 2.68. The molecular weight excluding hydrogens is 349 g/mol. The molecule has 0 aliphatic carbocycles. The number of rotatable bonds is 7. The number of nitrogens with zero attached hydrogens (tertiary/aromatic N) is 1. The van der Waals surface area contributed by atoms with Gasteiger partial charge in [0.15, 0.2) is 0 Å². The second kappa shape index (κ2) is 9.71. The van der Waals surface area contributed by atoms with Gasteiger partial charge in [0.2, 0.25) is 5.91 Å². The molecule has 1 heterocycles. The van der Waals surface area contributed by atoms with E-state index in [4.69, 9.17) is 0 Å². The van der Waals surface area contributed by atoms with Crippen LogP contribution in [0.4, 0.5) is 4.39 Å². The van der Waals surface area contributed by atoms with Crippen LogP contribution in [0.3, 0.4) is 0 Å². The monoisotopic (exact) mass is 373 g/mol. The van der Waals surface area contributed by atoms with E-state index in [9.17, 15) is 9.18 Å². The SMILES string of the molecule is O=C(NCCN1CCNCC1)C(Sc1ccccc1F)c1ccccc1. The number of nitrogens with one attached hydrogen (secondary N) is 2. The third kappa shape index (κ3) is 5.30. The quantitative estimate of drug-likeness (QED) is 0.733. The molecule has 1 amide bonds. The van der Waals surface area contributed by atoms with Crippen molar-refractivity contribution in [1.29, 1.82) is 0 Å². The fraction of sp³-hybridized carbons (Fsp3) is 0.350. The maximum absolute atomic E-state index is 14.1. The largest absolute Gasteiger partial charge is 0.354 e. The van der Waals surface area contributed by atoms with Crippen molar-refractivity contribution >= 4 is 17.7 Å². The average molecular weight is 373 g/mol. The third-order valence-corrected chi connectivity index (χ3v) is 5.67. The van der Waals surface area contributed by atoms with Crippen molar-refractivity contribution in [3.05, 3.63) is 66.0 Å². The fourth-order valence-corrected chi connectivity index (χ4v) is 4.01. The summed E-state index contributed by atoms with van der Waals surface area (Å²) in [5.41, 5.74) is 0.875. The van der Waals surface area contributed by atoms with E-state index < -0.39 is 5.25 Å². The Morgan fingerprint density at radius 1 is 1.12 bits per heavy atom. The van der Waals surface area contributed by atoms with E-state index in [1.54, 1.807) is 18.2 Å². The van der Waals surface area contributed by atoms with Crippen LogP contribution in [0.15, 0.2) is 59.5 Å². The summed E-state index contributed by atoms with van der Waals surface area (Å²) in [7, 11) is 0. The minimum atomic E-state index is -0.476. The highest BCUT2D eigenvalue weighted by molar-refractivity contribution is 8.00. The molecule has 6 heteroatoms. The Balaban J connectivity index is 1.64. The van der Waals surface area contributed by atoms with Gasteiger partial charge in [-0.25, -0.2) is 4.39 Å². The first kappa shape index (κ1) is 18.9. The molecule has 4 nitrogen and oxygen atoms in total. The number of carbonyl (C=O) groups excluding carboxylic acids is 1. The Morgan fingerprint density at radius 3 is 2.54 bits per heavy atom. The molecule has 1 aliphatic heterocycles. The highest BCUT2D eigenvalue weighted by Crippen LogP contribution is 2.36. The average Bonchev–Trinajstić information content (AvgIpc) is 2.69. The smallest absolute Gasteiger partial charge is 0.238 e. The maximum atomic E-state index is 14.1. The van der Waals surface area contributed by atoms with Crippen LogP contribution in [-0.4, -0.2) is 50.1 Å². The summed E-state index contributed by atoms with van der Waals surface area (Å²) in [4.78, 5) is 15.6. The normalized spacial score (nSPS) is 16.2. The lowest BCUT2D eigenvalue weighted by Crippen LogP contribution is -2.46. The molecule has 0 saturated carbocycles. The summed E-state index contributed by atoms with van der Waals surface area (Å²) in [5, 5.41) is 5.87. The zero-order valence-corrected chi connectivity index (χ0v) is 15.5. The molecule has 2 aromatic carbocycles. The number of halogens is 1. The number of carbonyl (C=O) groups is 1. The van der Waals surface area contributed by atoms with Crippen LogP contribution in [0.1, 0.15) is 10.8 Å². The van der Waals surface area contributed by atoms with Crippen LogP contribution in [0, 0.1) is 5.82 Å². The molecule has 138 valence electrons. The molecule has 0 aromatic heterocycles. The zero-order valence-electron chi connectivity index (χ0n) is 14.7. The second-order valence-corrected chi connectivity index (χ2v) is 7.37. The first-order valence-corrected chi connectivity index (χ1v) is 9.79. The molecule has 1 aliphatic rings. The van der Waals surface area contributed by atoms with Crippen LogP contribution in [0.2, 0.25) is 0 Å². The summed E-state index contributed by atoms with van der Waals surface area (Å²) in [6.45, 7) is 5.41. The van der Waals surface area contributed by atoms with Crippen LogP contribution in [0.5, 0.6) is 0 Å². The molecule has 3 rings (SSSR count). The standard InChI is InChI=1S/C20H24FN3OS/c21-17-8-4-5-9-18(17)26-19(16-6-2-1-3-7-16)20(25)23-12-15-24-13-10-22-11-14-24/h1-9,19,22H,10-15H2,(H,23,25). The molecule has 0 bridgehead atoms. The number of hydrogen-bond donors (Lipinski definition) is 2. The molecule has 1 unspecified atom stereocenters.